The van der Waals surface area contributed by atoms with Gasteiger partial charge >= 0.3 is 6.36 Å². The van der Waals surface area contributed by atoms with Gasteiger partial charge in [0.1, 0.15) is 36.9 Å². The number of nitrogens with two attached hydrogens (primary N) is 1. The van der Waals surface area contributed by atoms with Gasteiger partial charge in [-0.1, -0.05) is 24.3 Å². The van der Waals surface area contributed by atoms with E-state index in [1.807, 2.05) is 31.2 Å². The molecule has 1 saturated heterocycles. The first kappa shape index (κ1) is 30.8. The van der Waals surface area contributed by atoms with Crippen molar-refractivity contribution in [3.8, 4) is 22.8 Å². The summed E-state index contributed by atoms with van der Waals surface area (Å²) in [5.41, 5.74) is 3.98. The number of benzene rings is 2. The molecule has 10 nitrogen and oxygen atoms in total. The Morgan fingerprint density at radius 1 is 0.949 bits per heavy atom. The second-order valence-corrected chi connectivity index (χ2v) is 8.57. The summed E-state index contributed by atoms with van der Waals surface area (Å²) >= 11 is 0. The lowest BCUT2D eigenvalue weighted by molar-refractivity contribution is -0.926. The van der Waals surface area contributed by atoms with E-state index in [1.54, 1.807) is 26.8 Å². The topological polar surface area (TPSA) is 103 Å². The van der Waals surface area contributed by atoms with Crippen LogP contribution in [0, 0.1) is 0 Å². The van der Waals surface area contributed by atoms with E-state index in [2.05, 4.69) is 14.8 Å². The van der Waals surface area contributed by atoms with Crippen LogP contribution in [0.1, 0.15) is 13.9 Å². The third-order valence-corrected chi connectivity index (χ3v) is 6.13. The third kappa shape index (κ3) is 7.66. The number of hydroxylamine groups is 1. The van der Waals surface area contributed by atoms with Gasteiger partial charge in [0.15, 0.2) is 5.82 Å². The lowest BCUT2D eigenvalue weighted by Crippen LogP contribution is -3.00. The highest BCUT2D eigenvalue weighted by Crippen LogP contribution is 2.27. The zero-order valence-electron chi connectivity index (χ0n) is 21.7. The van der Waals surface area contributed by atoms with Crippen LogP contribution in [-0.2, 0) is 30.3 Å². The maximum Gasteiger partial charge on any atom is 0.573 e. The number of aromatic nitrogens is 3. The van der Waals surface area contributed by atoms with E-state index in [9.17, 15) is 13.2 Å². The first-order valence-electron chi connectivity index (χ1n) is 11.8. The van der Waals surface area contributed by atoms with Crippen molar-refractivity contribution in [2.75, 3.05) is 21.3 Å². The molecule has 0 bridgehead atoms. The smallest absolute Gasteiger partial charge is 0.573 e. The van der Waals surface area contributed by atoms with Crippen molar-refractivity contribution in [2.24, 2.45) is 0 Å². The lowest BCUT2D eigenvalue weighted by Gasteiger charge is -2.42. The Kier molecular flexibility index (Phi) is 10.7. The second-order valence-electron chi connectivity index (χ2n) is 8.57. The molecule has 5 atom stereocenters. The van der Waals surface area contributed by atoms with E-state index in [0.717, 1.165) is 11.1 Å². The van der Waals surface area contributed by atoms with Crippen LogP contribution in [0.5, 0.6) is 5.75 Å². The van der Waals surface area contributed by atoms with Crippen LogP contribution in [0.3, 0.4) is 0 Å². The normalized spacial score (nSPS) is 23.3. The van der Waals surface area contributed by atoms with E-state index >= 15 is 0 Å². The van der Waals surface area contributed by atoms with Gasteiger partial charge in [-0.3, -0.25) is 0 Å². The minimum Gasteiger partial charge on any atom is -1.00 e. The fourth-order valence-electron chi connectivity index (χ4n) is 4.27. The van der Waals surface area contributed by atoms with Crippen molar-refractivity contribution in [1.82, 2.24) is 14.8 Å². The molecule has 1 aromatic heterocycles. The van der Waals surface area contributed by atoms with Crippen molar-refractivity contribution in [1.29, 1.82) is 0 Å². The van der Waals surface area contributed by atoms with Gasteiger partial charge in [-0.25, -0.2) is 9.67 Å². The molecular weight excluding hydrogens is 545 g/mol. The zero-order valence-corrected chi connectivity index (χ0v) is 22.4. The highest BCUT2D eigenvalue weighted by atomic mass is 35.5. The number of ether oxygens (including phenoxy) is 5. The fourth-order valence-corrected chi connectivity index (χ4v) is 4.27. The molecule has 0 radical (unpaired) electrons. The third-order valence-electron chi connectivity index (χ3n) is 6.13. The average molecular weight is 577 g/mol. The Bertz CT molecular complexity index is 1170. The van der Waals surface area contributed by atoms with E-state index in [4.69, 9.17) is 23.8 Å². The van der Waals surface area contributed by atoms with Gasteiger partial charge in [0.25, 0.3) is 0 Å². The number of rotatable bonds is 10. The van der Waals surface area contributed by atoms with Crippen molar-refractivity contribution >= 4 is 0 Å². The summed E-state index contributed by atoms with van der Waals surface area (Å²) < 4.78 is 65.1. The number of hydrogen-bond acceptors (Lipinski definition) is 8. The van der Waals surface area contributed by atoms with E-state index in [-0.39, 0.29) is 37.9 Å². The largest absolute Gasteiger partial charge is 1.00 e. The molecule has 39 heavy (non-hydrogen) atoms. The van der Waals surface area contributed by atoms with Crippen LogP contribution < -0.4 is 22.6 Å². The number of hydrogen-bond donors (Lipinski definition) is 1. The van der Waals surface area contributed by atoms with Gasteiger partial charge < -0.3 is 36.1 Å². The Balaban J connectivity index is 0.00000280. The molecule has 4 rings (SSSR count). The summed E-state index contributed by atoms with van der Waals surface area (Å²) in [4.78, 5) is 10.2. The Labute approximate surface area is 231 Å². The maximum atomic E-state index is 12.4. The van der Waals surface area contributed by atoms with Crippen molar-refractivity contribution < 1.29 is 61.0 Å². The van der Waals surface area contributed by atoms with E-state index in [0.29, 0.717) is 18.1 Å². The van der Waals surface area contributed by atoms with Gasteiger partial charge in [0.05, 0.1) is 11.8 Å². The Morgan fingerprint density at radius 3 is 2.18 bits per heavy atom. The highest BCUT2D eigenvalue weighted by molar-refractivity contribution is 5.55. The molecule has 2 N–H and O–H groups in total. The second kappa shape index (κ2) is 13.5. The molecule has 0 amide bonds. The molecule has 2 heterocycles. The molecule has 14 heteroatoms. The summed E-state index contributed by atoms with van der Waals surface area (Å²) in [5.74, 6) is 0.163. The molecule has 1 fully saturated rings. The van der Waals surface area contributed by atoms with Crippen LogP contribution in [0.2, 0.25) is 0 Å². The van der Waals surface area contributed by atoms with Gasteiger partial charge in [0, 0.05) is 33.9 Å². The summed E-state index contributed by atoms with van der Waals surface area (Å²) in [6.45, 7) is 2.42. The number of quaternary nitrogens is 1. The van der Waals surface area contributed by atoms with Gasteiger partial charge in [-0.2, -0.15) is 10.3 Å². The summed E-state index contributed by atoms with van der Waals surface area (Å²) in [7, 11) is 4.78. The summed E-state index contributed by atoms with van der Waals surface area (Å²) in [6.07, 6.45) is -5.23. The zero-order chi connectivity index (χ0) is 27.3. The van der Waals surface area contributed by atoms with Crippen LogP contribution in [-0.4, -0.2) is 73.2 Å². The van der Waals surface area contributed by atoms with Crippen LogP contribution in [0.25, 0.3) is 17.1 Å². The molecule has 0 unspecified atom stereocenters. The lowest BCUT2D eigenvalue weighted by atomic mass is 9.99. The standard InChI is InChI=1S/C25H29F3N4O6.ClH.H2/c1-15-20(33-2)21(34-3)22(35-4)24(36-15)38-30-13-16-5-7-17(8-6-16)23-29-14-32(31-23)18-9-11-19(12-10-18)37-25(26,27)28;;/h5-12,14-15,20-22,24,30H,13H2,1-4H3;2*1H/t15-,20-,21+,22+,24-;;/m0../s1. The quantitative estimate of drug-likeness (QED) is 0.333. The Morgan fingerprint density at radius 2 is 1.59 bits per heavy atom. The van der Waals surface area contributed by atoms with Crippen molar-refractivity contribution in [2.45, 2.75) is 50.5 Å². The minimum atomic E-state index is -4.74. The minimum absolute atomic E-state index is 0. The monoisotopic (exact) mass is 576 g/mol. The van der Waals surface area contributed by atoms with Gasteiger partial charge in [-0.15, -0.1) is 18.3 Å². The van der Waals surface area contributed by atoms with Crippen molar-refractivity contribution in [3.05, 3.63) is 60.4 Å². The SMILES string of the molecule is CO[C@@H]1[C@@H](OC)[C@H](C)O[C@@H](O[NH2+]Cc2ccc(-c3ncn(-c4ccc(OC(F)(F)F)cc4)n3)cc2)[C@@H]1OC.[Cl-].[HH]. The molecule has 2 aromatic carbocycles. The fraction of sp³-hybridized carbons (Fsp3) is 0.440. The van der Waals surface area contributed by atoms with Gasteiger partial charge in [-0.05, 0) is 31.2 Å². The predicted molar refractivity (Wildman–Crippen MR) is 129 cm³/mol. The number of methoxy groups -OCH3 is 3. The summed E-state index contributed by atoms with van der Waals surface area (Å²) in [6, 6.07) is 13.0. The number of nitrogens with zero attached hydrogens (tertiary/aromatic N) is 3. The molecule has 0 saturated carbocycles. The van der Waals surface area contributed by atoms with Gasteiger partial charge in [0.2, 0.25) is 6.29 Å². The molecule has 0 spiro atoms. The average Bonchev–Trinajstić information content (AvgIpc) is 3.38. The van der Waals surface area contributed by atoms with E-state index < -0.39 is 18.8 Å². The number of alkyl halides is 3. The molecule has 1 aliphatic heterocycles. The van der Waals surface area contributed by atoms with Crippen LogP contribution in [0.4, 0.5) is 13.2 Å². The summed E-state index contributed by atoms with van der Waals surface area (Å²) in [5, 5.41) is 4.42. The highest BCUT2D eigenvalue weighted by Gasteiger charge is 2.47. The maximum absolute atomic E-state index is 12.4. The predicted octanol–water partition coefficient (Wildman–Crippen LogP) is -0.132. The van der Waals surface area contributed by atoms with Crippen LogP contribution >= 0.6 is 0 Å². The molecular formula is C25H32ClF3N4O6. The van der Waals surface area contributed by atoms with Crippen molar-refractivity contribution in [3.63, 3.8) is 0 Å². The molecule has 1 aliphatic rings. The number of halogens is 4. The first-order chi connectivity index (χ1) is 18.2. The Hall–Kier alpha value is -2.78. The first-order valence-corrected chi connectivity index (χ1v) is 11.8. The molecule has 0 aliphatic carbocycles. The van der Waals surface area contributed by atoms with Crippen LogP contribution in [0.15, 0.2) is 54.9 Å². The molecule has 216 valence electrons. The van der Waals surface area contributed by atoms with E-state index in [1.165, 1.54) is 35.3 Å². The molecule has 3 aromatic rings.